The van der Waals surface area contributed by atoms with Crippen molar-refractivity contribution in [1.82, 2.24) is 9.78 Å². The maximum Gasteiger partial charge on any atom is 0.259 e. The molecule has 2 atom stereocenters. The first-order valence-electron chi connectivity index (χ1n) is 9.02. The maximum atomic E-state index is 14.1. The first-order valence-corrected chi connectivity index (χ1v) is 9.02. The maximum absolute atomic E-state index is 14.1. The van der Waals surface area contributed by atoms with Crippen LogP contribution in [-0.4, -0.2) is 28.3 Å². The van der Waals surface area contributed by atoms with Gasteiger partial charge in [0.1, 0.15) is 11.6 Å². The summed E-state index contributed by atoms with van der Waals surface area (Å²) in [7, 11) is 0. The first-order chi connectivity index (χ1) is 12.3. The van der Waals surface area contributed by atoms with E-state index in [-0.39, 0.29) is 17.8 Å². The molecular formula is C19H24FN5O. The average molecular weight is 357 g/mol. The normalized spacial score (nSPS) is 24.5. The lowest BCUT2D eigenvalue weighted by Gasteiger charge is -2.35. The van der Waals surface area contributed by atoms with Crippen molar-refractivity contribution in [2.75, 3.05) is 17.6 Å². The van der Waals surface area contributed by atoms with E-state index in [0.29, 0.717) is 30.8 Å². The summed E-state index contributed by atoms with van der Waals surface area (Å²) in [6.45, 7) is 4.32. The van der Waals surface area contributed by atoms with Crippen molar-refractivity contribution >= 4 is 17.4 Å². The zero-order valence-corrected chi connectivity index (χ0v) is 15.1. The molecule has 1 aromatic heterocycles. The number of benzene rings is 1. The molecule has 7 heteroatoms. The Balaban J connectivity index is 1.81. The Morgan fingerprint density at radius 2 is 2.23 bits per heavy atom. The number of rotatable bonds is 1. The summed E-state index contributed by atoms with van der Waals surface area (Å²) < 4.78 is 15.4. The smallest absolute Gasteiger partial charge is 0.259 e. The molecular weight excluding hydrogens is 333 g/mol. The molecule has 0 amide bonds. The molecule has 2 unspecified atom stereocenters. The quantitative estimate of drug-likeness (QED) is 0.726. The summed E-state index contributed by atoms with van der Waals surface area (Å²) >= 11 is 0. The fourth-order valence-electron chi connectivity index (χ4n) is 4.22. The molecule has 0 radical (unpaired) electrons. The van der Waals surface area contributed by atoms with Crippen LogP contribution in [0.2, 0.25) is 0 Å². The fraction of sp³-hybridized carbons (Fsp3) is 0.474. The van der Waals surface area contributed by atoms with Crippen molar-refractivity contribution in [3.05, 3.63) is 40.3 Å². The van der Waals surface area contributed by atoms with Crippen LogP contribution in [0.3, 0.4) is 0 Å². The van der Waals surface area contributed by atoms with Crippen LogP contribution in [0.5, 0.6) is 0 Å². The number of nitrogen functional groups attached to an aromatic ring is 1. The molecule has 26 heavy (non-hydrogen) atoms. The highest BCUT2D eigenvalue weighted by Crippen LogP contribution is 2.41. The van der Waals surface area contributed by atoms with E-state index in [0.717, 1.165) is 35.3 Å². The average Bonchev–Trinajstić information content (AvgIpc) is 2.91. The van der Waals surface area contributed by atoms with E-state index in [1.54, 1.807) is 0 Å². The van der Waals surface area contributed by atoms with Crippen LogP contribution in [0.15, 0.2) is 12.1 Å². The molecule has 0 saturated heterocycles. The van der Waals surface area contributed by atoms with E-state index in [1.165, 1.54) is 16.8 Å². The molecule has 0 saturated carbocycles. The molecule has 0 spiro atoms. The Bertz CT molecular complexity index is 906. The van der Waals surface area contributed by atoms with Crippen LogP contribution >= 0.6 is 0 Å². The Kier molecular flexibility index (Phi) is 3.80. The predicted octanol–water partition coefficient (Wildman–Crippen LogP) is 2.14. The number of anilines is 2. The van der Waals surface area contributed by atoms with Crippen LogP contribution in [0.25, 0.3) is 0 Å². The number of nitrogens with two attached hydrogens (primary N) is 2. The van der Waals surface area contributed by atoms with Crippen molar-refractivity contribution in [3.8, 4) is 0 Å². The van der Waals surface area contributed by atoms with Crippen LogP contribution in [0.1, 0.15) is 46.9 Å². The van der Waals surface area contributed by atoms with Gasteiger partial charge in [0.2, 0.25) is 0 Å². The zero-order chi connectivity index (χ0) is 18.6. The molecule has 138 valence electrons. The van der Waals surface area contributed by atoms with E-state index in [2.05, 4.69) is 10.4 Å². The van der Waals surface area contributed by atoms with E-state index in [4.69, 9.17) is 11.5 Å². The molecule has 5 N–H and O–H groups in total. The molecule has 2 aliphatic rings. The fourth-order valence-corrected chi connectivity index (χ4v) is 4.22. The minimum atomic E-state index is -0.891. The standard InChI is InChI=1S/C19H24FN5O/c1-10-7-11(20)8-14-16(10)23-6-5-19(14,2)18(26)25-17(22)13-4-3-12(21)9-15(13)24-25/h7-8,12,23H,3-6,9,21-22H2,1-2H3. The van der Waals surface area contributed by atoms with Crippen LogP contribution in [0, 0.1) is 12.7 Å². The summed E-state index contributed by atoms with van der Waals surface area (Å²) in [5.41, 5.74) is 15.4. The monoisotopic (exact) mass is 357 g/mol. The summed E-state index contributed by atoms with van der Waals surface area (Å²) in [5.74, 6) is -0.167. The number of hydrogen-bond acceptors (Lipinski definition) is 5. The van der Waals surface area contributed by atoms with Gasteiger partial charge in [0.05, 0.1) is 11.1 Å². The van der Waals surface area contributed by atoms with Gasteiger partial charge in [-0.3, -0.25) is 4.79 Å². The lowest BCUT2D eigenvalue weighted by Crippen LogP contribution is -2.42. The Morgan fingerprint density at radius 3 is 3.00 bits per heavy atom. The number of carbonyl (C=O) groups excluding carboxylic acids is 1. The van der Waals surface area contributed by atoms with Gasteiger partial charge in [0.25, 0.3) is 5.91 Å². The largest absolute Gasteiger partial charge is 0.385 e. The number of hydrogen-bond donors (Lipinski definition) is 3. The van der Waals surface area contributed by atoms with Gasteiger partial charge in [-0.25, -0.2) is 4.39 Å². The summed E-state index contributed by atoms with van der Waals surface area (Å²) in [5, 5.41) is 7.78. The highest BCUT2D eigenvalue weighted by molar-refractivity contribution is 5.94. The Hall–Kier alpha value is -2.41. The van der Waals surface area contributed by atoms with Gasteiger partial charge < -0.3 is 16.8 Å². The van der Waals surface area contributed by atoms with E-state index >= 15 is 0 Å². The highest BCUT2D eigenvalue weighted by Gasteiger charge is 2.42. The van der Waals surface area contributed by atoms with Gasteiger partial charge >= 0.3 is 0 Å². The first kappa shape index (κ1) is 17.0. The predicted molar refractivity (Wildman–Crippen MR) is 98.9 cm³/mol. The lowest BCUT2D eigenvalue weighted by molar-refractivity contribution is 0.0785. The van der Waals surface area contributed by atoms with Crippen LogP contribution in [-0.2, 0) is 18.3 Å². The number of nitrogens with one attached hydrogen (secondary N) is 1. The number of fused-ring (bicyclic) bond motifs is 2. The lowest BCUT2D eigenvalue weighted by atomic mass is 9.75. The number of carbonyl (C=O) groups is 1. The minimum absolute atomic E-state index is 0.0484. The highest BCUT2D eigenvalue weighted by atomic mass is 19.1. The van der Waals surface area contributed by atoms with E-state index < -0.39 is 5.41 Å². The van der Waals surface area contributed by atoms with Gasteiger partial charge in [-0.15, -0.1) is 0 Å². The SMILES string of the molecule is Cc1cc(F)cc2c1NCCC2(C)C(=O)n1nc2c(c1N)CCC(N)C2. The molecule has 1 aliphatic heterocycles. The number of aryl methyl sites for hydroxylation is 1. The van der Waals surface area contributed by atoms with Crippen LogP contribution in [0.4, 0.5) is 15.9 Å². The molecule has 1 aliphatic carbocycles. The molecule has 0 fully saturated rings. The minimum Gasteiger partial charge on any atom is -0.385 e. The number of aromatic nitrogens is 2. The van der Waals surface area contributed by atoms with Crippen LogP contribution < -0.4 is 16.8 Å². The third-order valence-electron chi connectivity index (χ3n) is 5.81. The molecule has 1 aromatic carbocycles. The molecule has 2 aromatic rings. The second-order valence-corrected chi connectivity index (χ2v) is 7.68. The molecule has 0 bridgehead atoms. The van der Waals surface area contributed by atoms with Gasteiger partial charge in [0.15, 0.2) is 0 Å². The molecule has 2 heterocycles. The van der Waals surface area contributed by atoms with Gasteiger partial charge in [-0.1, -0.05) is 0 Å². The van der Waals surface area contributed by atoms with Crippen molar-refractivity contribution in [3.63, 3.8) is 0 Å². The van der Waals surface area contributed by atoms with Crippen molar-refractivity contribution in [1.29, 1.82) is 0 Å². The summed E-state index contributed by atoms with van der Waals surface area (Å²) in [4.78, 5) is 13.5. The topological polar surface area (TPSA) is 99.0 Å². The Labute approximate surface area is 151 Å². The van der Waals surface area contributed by atoms with E-state index in [1.807, 2.05) is 13.8 Å². The van der Waals surface area contributed by atoms with Gasteiger partial charge in [0, 0.05) is 30.3 Å². The zero-order valence-electron chi connectivity index (χ0n) is 15.1. The third-order valence-corrected chi connectivity index (χ3v) is 5.81. The Morgan fingerprint density at radius 1 is 1.46 bits per heavy atom. The summed E-state index contributed by atoms with van der Waals surface area (Å²) in [6.07, 6.45) is 2.75. The summed E-state index contributed by atoms with van der Waals surface area (Å²) in [6, 6.07) is 2.97. The molecule has 4 rings (SSSR count). The van der Waals surface area contributed by atoms with Crippen molar-refractivity contribution in [2.24, 2.45) is 5.73 Å². The van der Waals surface area contributed by atoms with Gasteiger partial charge in [-0.2, -0.15) is 9.78 Å². The third kappa shape index (κ3) is 2.41. The van der Waals surface area contributed by atoms with E-state index in [9.17, 15) is 9.18 Å². The van der Waals surface area contributed by atoms with Crippen molar-refractivity contribution < 1.29 is 9.18 Å². The second-order valence-electron chi connectivity index (χ2n) is 7.68. The number of nitrogens with zero attached hydrogens (tertiary/aromatic N) is 2. The second kappa shape index (κ2) is 5.81. The van der Waals surface area contributed by atoms with Gasteiger partial charge in [-0.05, 0) is 56.4 Å². The molecule has 6 nitrogen and oxygen atoms in total. The number of halogens is 1. The van der Waals surface area contributed by atoms with Crippen molar-refractivity contribution in [2.45, 2.75) is 51.0 Å².